The fraction of sp³-hybridized carbons (Fsp3) is 0.357. The van der Waals surface area contributed by atoms with Crippen LogP contribution in [-0.4, -0.2) is 9.55 Å². The van der Waals surface area contributed by atoms with Gasteiger partial charge in [0.25, 0.3) is 0 Å². The van der Waals surface area contributed by atoms with E-state index < -0.39 is 0 Å². The number of rotatable bonds is 4. The lowest BCUT2D eigenvalue weighted by molar-refractivity contribution is 0.739. The zero-order chi connectivity index (χ0) is 13.1. The maximum atomic E-state index is 6.13. The largest absolute Gasteiger partial charge is 0.333 e. The number of aryl methyl sites for hydroxylation is 2. The molecule has 2 rings (SSSR count). The molecule has 0 radical (unpaired) electrons. The molecule has 0 saturated heterocycles. The number of imidazole rings is 1. The first-order valence-electron chi connectivity index (χ1n) is 6.07. The van der Waals surface area contributed by atoms with Crippen LogP contribution in [0.2, 0.25) is 5.15 Å². The van der Waals surface area contributed by atoms with E-state index in [4.69, 9.17) is 17.3 Å². The molecule has 1 aromatic carbocycles. The van der Waals surface area contributed by atoms with Crippen molar-refractivity contribution in [1.82, 2.24) is 9.55 Å². The van der Waals surface area contributed by atoms with Gasteiger partial charge in [-0.15, -0.1) is 0 Å². The highest BCUT2D eigenvalue weighted by molar-refractivity contribution is 6.30. The third-order valence-corrected chi connectivity index (χ3v) is 3.51. The normalized spacial score (nSPS) is 10.9. The predicted molar refractivity (Wildman–Crippen MR) is 74.7 cm³/mol. The molecule has 2 aromatic rings. The van der Waals surface area contributed by atoms with Crippen LogP contribution in [-0.2, 0) is 26.4 Å². The summed E-state index contributed by atoms with van der Waals surface area (Å²) in [4.78, 5) is 4.26. The molecule has 1 aromatic heterocycles. The van der Waals surface area contributed by atoms with E-state index in [9.17, 15) is 0 Å². The van der Waals surface area contributed by atoms with E-state index in [1.807, 2.05) is 11.6 Å². The van der Waals surface area contributed by atoms with E-state index >= 15 is 0 Å². The maximum absolute atomic E-state index is 6.13. The van der Waals surface area contributed by atoms with Gasteiger partial charge in [-0.1, -0.05) is 41.4 Å². The molecular weight excluding hydrogens is 246 g/mol. The van der Waals surface area contributed by atoms with Gasteiger partial charge in [0.2, 0.25) is 0 Å². The number of nitrogens with two attached hydrogens (primary N) is 1. The molecule has 3 nitrogen and oxygen atoms in total. The van der Waals surface area contributed by atoms with Crippen molar-refractivity contribution in [2.24, 2.45) is 12.8 Å². The van der Waals surface area contributed by atoms with Crippen molar-refractivity contribution in [2.45, 2.75) is 26.3 Å². The molecule has 4 heteroatoms. The smallest absolute Gasteiger partial charge is 0.150 e. The molecule has 0 saturated carbocycles. The zero-order valence-corrected chi connectivity index (χ0v) is 11.5. The summed E-state index contributed by atoms with van der Waals surface area (Å²) < 4.78 is 2.00. The van der Waals surface area contributed by atoms with Crippen molar-refractivity contribution in [3.63, 3.8) is 0 Å². The van der Waals surface area contributed by atoms with Crippen LogP contribution < -0.4 is 5.73 Å². The van der Waals surface area contributed by atoms with Crippen LogP contribution in [0.1, 0.15) is 22.6 Å². The molecule has 18 heavy (non-hydrogen) atoms. The molecule has 0 aliphatic rings. The molecule has 0 spiro atoms. The van der Waals surface area contributed by atoms with Crippen molar-refractivity contribution in [2.75, 3.05) is 0 Å². The van der Waals surface area contributed by atoms with Gasteiger partial charge in [-0.2, -0.15) is 0 Å². The van der Waals surface area contributed by atoms with Gasteiger partial charge in [0.05, 0.1) is 12.2 Å². The third-order valence-electron chi connectivity index (χ3n) is 3.21. The minimum absolute atomic E-state index is 0.417. The predicted octanol–water partition coefficient (Wildman–Crippen LogP) is 2.63. The fourth-order valence-electron chi connectivity index (χ4n) is 2.02. The molecule has 0 fully saturated rings. The number of benzene rings is 1. The number of nitrogens with zero attached hydrogens (tertiary/aromatic N) is 2. The highest BCUT2D eigenvalue weighted by Gasteiger charge is 2.11. The average molecular weight is 264 g/mol. The summed E-state index contributed by atoms with van der Waals surface area (Å²) in [5, 5.41) is 0.574. The van der Waals surface area contributed by atoms with E-state index in [0.29, 0.717) is 11.7 Å². The molecule has 2 N–H and O–H groups in total. The van der Waals surface area contributed by atoms with Crippen molar-refractivity contribution >= 4 is 11.6 Å². The maximum Gasteiger partial charge on any atom is 0.150 e. The summed E-state index contributed by atoms with van der Waals surface area (Å²) in [6.45, 7) is 2.51. The standard InChI is InChI=1S/C14H18ClN3/c1-10-3-5-11(6-4-10)7-8-12-14(15)17-13(9-16)18(12)2/h3-6H,7-9,16H2,1-2H3. The van der Waals surface area contributed by atoms with Crippen LogP contribution in [0.3, 0.4) is 0 Å². The summed E-state index contributed by atoms with van der Waals surface area (Å²) in [5.41, 5.74) is 9.26. The molecule has 0 amide bonds. The second-order valence-corrected chi connectivity index (χ2v) is 4.87. The van der Waals surface area contributed by atoms with Crippen molar-refractivity contribution in [1.29, 1.82) is 0 Å². The van der Waals surface area contributed by atoms with Crippen LogP contribution >= 0.6 is 11.6 Å². The van der Waals surface area contributed by atoms with Gasteiger partial charge in [0.15, 0.2) is 5.15 Å². The molecule has 0 unspecified atom stereocenters. The quantitative estimate of drug-likeness (QED) is 0.922. The SMILES string of the molecule is Cc1ccc(CCc2c(Cl)nc(CN)n2C)cc1. The Morgan fingerprint density at radius 2 is 1.89 bits per heavy atom. The summed E-state index contributed by atoms with van der Waals surface area (Å²) in [5.74, 6) is 0.832. The first-order valence-corrected chi connectivity index (χ1v) is 6.45. The Morgan fingerprint density at radius 3 is 2.44 bits per heavy atom. The van der Waals surface area contributed by atoms with Gasteiger partial charge in [-0.25, -0.2) is 4.98 Å². The van der Waals surface area contributed by atoms with Crippen molar-refractivity contribution in [3.05, 3.63) is 52.1 Å². The van der Waals surface area contributed by atoms with Gasteiger partial charge in [0.1, 0.15) is 5.82 Å². The highest BCUT2D eigenvalue weighted by Crippen LogP contribution is 2.18. The molecule has 0 atom stereocenters. The zero-order valence-electron chi connectivity index (χ0n) is 10.8. The van der Waals surface area contributed by atoms with E-state index in [2.05, 4.69) is 36.2 Å². The lowest BCUT2D eigenvalue weighted by Crippen LogP contribution is -2.07. The van der Waals surface area contributed by atoms with E-state index in [1.165, 1.54) is 11.1 Å². The van der Waals surface area contributed by atoms with E-state index in [0.717, 1.165) is 24.4 Å². The van der Waals surface area contributed by atoms with E-state index in [1.54, 1.807) is 0 Å². The van der Waals surface area contributed by atoms with Gasteiger partial charge in [0, 0.05) is 7.05 Å². The molecule has 0 bridgehead atoms. The van der Waals surface area contributed by atoms with Crippen molar-refractivity contribution < 1.29 is 0 Å². The molecule has 1 heterocycles. The van der Waals surface area contributed by atoms with Crippen molar-refractivity contribution in [3.8, 4) is 0 Å². The second-order valence-electron chi connectivity index (χ2n) is 4.51. The van der Waals surface area contributed by atoms with E-state index in [-0.39, 0.29) is 0 Å². The number of aromatic nitrogens is 2. The molecule has 96 valence electrons. The summed E-state index contributed by atoms with van der Waals surface area (Å²) in [7, 11) is 1.96. The van der Waals surface area contributed by atoms with Gasteiger partial charge in [-0.05, 0) is 25.3 Å². The fourth-order valence-corrected chi connectivity index (χ4v) is 2.34. The average Bonchev–Trinajstić information content (AvgIpc) is 2.64. The number of halogens is 1. The summed E-state index contributed by atoms with van der Waals surface area (Å²) in [6.07, 6.45) is 1.84. The lowest BCUT2D eigenvalue weighted by atomic mass is 10.1. The number of hydrogen-bond donors (Lipinski definition) is 1. The minimum Gasteiger partial charge on any atom is -0.333 e. The third kappa shape index (κ3) is 2.74. The van der Waals surface area contributed by atoms with Gasteiger partial charge >= 0.3 is 0 Å². The Hall–Kier alpha value is -1.32. The van der Waals surface area contributed by atoms with Gasteiger partial charge in [-0.3, -0.25) is 0 Å². The van der Waals surface area contributed by atoms with Crippen LogP contribution in [0.25, 0.3) is 0 Å². The monoisotopic (exact) mass is 263 g/mol. The Balaban J connectivity index is 2.10. The first kappa shape index (κ1) is 13.1. The summed E-state index contributed by atoms with van der Waals surface area (Å²) >= 11 is 6.13. The lowest BCUT2D eigenvalue weighted by Gasteiger charge is -2.05. The van der Waals surface area contributed by atoms with Crippen LogP contribution in [0.4, 0.5) is 0 Å². The summed E-state index contributed by atoms with van der Waals surface area (Å²) in [6, 6.07) is 8.57. The minimum atomic E-state index is 0.417. The Bertz CT molecular complexity index is 529. The van der Waals surface area contributed by atoms with Crippen LogP contribution in [0, 0.1) is 6.92 Å². The molecule has 0 aliphatic carbocycles. The van der Waals surface area contributed by atoms with Gasteiger partial charge < -0.3 is 10.3 Å². The Kier molecular flexibility index (Phi) is 4.04. The molecule has 0 aliphatic heterocycles. The first-order chi connectivity index (χ1) is 8.61. The highest BCUT2D eigenvalue weighted by atomic mass is 35.5. The topological polar surface area (TPSA) is 43.8 Å². The van der Waals surface area contributed by atoms with Crippen LogP contribution in [0.15, 0.2) is 24.3 Å². The van der Waals surface area contributed by atoms with Crippen LogP contribution in [0.5, 0.6) is 0 Å². The number of hydrogen-bond acceptors (Lipinski definition) is 2. The molecular formula is C14H18ClN3. The second kappa shape index (κ2) is 5.55. The Morgan fingerprint density at radius 1 is 1.22 bits per heavy atom. The Labute approximate surface area is 113 Å².